The molecular formula is C13H17NO. The van der Waals surface area contributed by atoms with Crippen molar-refractivity contribution in [1.82, 2.24) is 4.90 Å². The second-order valence-electron chi connectivity index (χ2n) is 4.16. The molecule has 0 spiro atoms. The molecule has 0 aliphatic carbocycles. The van der Waals surface area contributed by atoms with Crippen LogP contribution in [0.2, 0.25) is 0 Å². The van der Waals surface area contributed by atoms with E-state index in [4.69, 9.17) is 0 Å². The molecule has 1 atom stereocenters. The molecule has 2 rings (SSSR count). The number of rotatable bonds is 2. The molecule has 1 unspecified atom stereocenters. The number of piperidine rings is 1. The highest BCUT2D eigenvalue weighted by molar-refractivity contribution is 5.79. The largest absolute Gasteiger partial charge is 0.300 e. The molecule has 1 saturated heterocycles. The van der Waals surface area contributed by atoms with Crippen LogP contribution in [0, 0.1) is 0 Å². The molecule has 0 N–H and O–H groups in total. The molecule has 0 aromatic heterocycles. The van der Waals surface area contributed by atoms with Crippen LogP contribution in [0.1, 0.15) is 31.4 Å². The molecule has 2 nitrogen and oxygen atoms in total. The van der Waals surface area contributed by atoms with Gasteiger partial charge < -0.3 is 0 Å². The molecule has 80 valence electrons. The van der Waals surface area contributed by atoms with Gasteiger partial charge in [-0.3, -0.25) is 9.69 Å². The van der Waals surface area contributed by atoms with Crippen LogP contribution >= 0.6 is 0 Å². The lowest BCUT2D eigenvalue weighted by Crippen LogP contribution is -2.35. The number of benzene rings is 1. The second-order valence-corrected chi connectivity index (χ2v) is 4.16. The summed E-state index contributed by atoms with van der Waals surface area (Å²) in [5, 5.41) is 0. The van der Waals surface area contributed by atoms with Gasteiger partial charge in [0.2, 0.25) is 0 Å². The number of carbonyl (C=O) groups is 1. The number of ketones is 1. The van der Waals surface area contributed by atoms with Crippen molar-refractivity contribution >= 4 is 5.78 Å². The first-order valence-corrected chi connectivity index (χ1v) is 5.58. The Kier molecular flexibility index (Phi) is 3.17. The summed E-state index contributed by atoms with van der Waals surface area (Å²) in [4.78, 5) is 13.5. The van der Waals surface area contributed by atoms with Crippen LogP contribution in [0.4, 0.5) is 0 Å². The predicted octanol–water partition coefficient (Wildman–Crippen LogP) is 2.41. The Morgan fingerprint density at radius 3 is 2.33 bits per heavy atom. The van der Waals surface area contributed by atoms with Gasteiger partial charge in [0.25, 0.3) is 0 Å². The summed E-state index contributed by atoms with van der Waals surface area (Å²) in [5.41, 5.74) is 1.34. The van der Waals surface area contributed by atoms with Crippen molar-refractivity contribution in [2.75, 3.05) is 13.1 Å². The van der Waals surface area contributed by atoms with E-state index >= 15 is 0 Å². The minimum atomic E-state index is 0.409. The third kappa shape index (κ3) is 2.45. The van der Waals surface area contributed by atoms with Crippen LogP contribution < -0.4 is 0 Å². The van der Waals surface area contributed by atoms with E-state index in [1.54, 1.807) is 0 Å². The minimum Gasteiger partial charge on any atom is -0.300 e. The van der Waals surface area contributed by atoms with Crippen molar-refractivity contribution < 1.29 is 4.79 Å². The van der Waals surface area contributed by atoms with Gasteiger partial charge in [0.05, 0.1) is 0 Å². The van der Waals surface area contributed by atoms with Crippen molar-refractivity contribution in [1.29, 1.82) is 0 Å². The van der Waals surface area contributed by atoms with Gasteiger partial charge in [0.15, 0.2) is 0 Å². The van der Waals surface area contributed by atoms with Gasteiger partial charge in [0.1, 0.15) is 5.78 Å². The molecule has 1 aliphatic heterocycles. The van der Waals surface area contributed by atoms with E-state index in [9.17, 15) is 4.79 Å². The zero-order chi connectivity index (χ0) is 10.7. The van der Waals surface area contributed by atoms with Crippen LogP contribution in [0.25, 0.3) is 0 Å². The molecule has 0 amide bonds. The summed E-state index contributed by atoms with van der Waals surface area (Å²) >= 11 is 0. The number of hydrogen-bond acceptors (Lipinski definition) is 2. The molecular weight excluding hydrogens is 186 g/mol. The fraction of sp³-hybridized carbons (Fsp3) is 0.462. The van der Waals surface area contributed by atoms with E-state index in [1.165, 1.54) is 5.56 Å². The summed E-state index contributed by atoms with van der Waals surface area (Å²) < 4.78 is 0. The van der Waals surface area contributed by atoms with Gasteiger partial charge in [0, 0.05) is 32.0 Å². The lowest BCUT2D eigenvalue weighted by molar-refractivity contribution is -0.121. The zero-order valence-corrected chi connectivity index (χ0v) is 9.15. The van der Waals surface area contributed by atoms with Crippen molar-refractivity contribution in [2.24, 2.45) is 0 Å². The van der Waals surface area contributed by atoms with Gasteiger partial charge >= 0.3 is 0 Å². The highest BCUT2D eigenvalue weighted by Gasteiger charge is 2.21. The SMILES string of the molecule is CC(c1ccccc1)N1CCC(=O)CC1. The number of likely N-dealkylation sites (tertiary alicyclic amines) is 1. The minimum absolute atomic E-state index is 0.409. The number of carbonyl (C=O) groups excluding carboxylic acids is 1. The average molecular weight is 203 g/mol. The zero-order valence-electron chi connectivity index (χ0n) is 9.15. The van der Waals surface area contributed by atoms with Gasteiger partial charge in [-0.2, -0.15) is 0 Å². The third-order valence-electron chi connectivity index (χ3n) is 3.19. The molecule has 1 fully saturated rings. The van der Waals surface area contributed by atoms with Crippen LogP contribution in [0.5, 0.6) is 0 Å². The van der Waals surface area contributed by atoms with Gasteiger partial charge in [-0.1, -0.05) is 30.3 Å². The summed E-state index contributed by atoms with van der Waals surface area (Å²) in [6.45, 7) is 4.04. The van der Waals surface area contributed by atoms with E-state index in [2.05, 4.69) is 36.1 Å². The Labute approximate surface area is 90.9 Å². The van der Waals surface area contributed by atoms with Crippen LogP contribution in [-0.4, -0.2) is 23.8 Å². The number of nitrogens with zero attached hydrogens (tertiary/aromatic N) is 1. The third-order valence-corrected chi connectivity index (χ3v) is 3.19. The highest BCUT2D eigenvalue weighted by atomic mass is 16.1. The highest BCUT2D eigenvalue weighted by Crippen LogP contribution is 2.22. The van der Waals surface area contributed by atoms with Crippen molar-refractivity contribution in [3.8, 4) is 0 Å². The molecule has 0 bridgehead atoms. The molecule has 2 heteroatoms. The fourth-order valence-corrected chi connectivity index (χ4v) is 2.10. The van der Waals surface area contributed by atoms with Crippen molar-refractivity contribution in [3.05, 3.63) is 35.9 Å². The maximum absolute atomic E-state index is 11.1. The summed E-state index contributed by atoms with van der Waals surface area (Å²) in [6.07, 6.45) is 1.44. The first-order valence-electron chi connectivity index (χ1n) is 5.58. The fourth-order valence-electron chi connectivity index (χ4n) is 2.10. The molecule has 1 aromatic carbocycles. The van der Waals surface area contributed by atoms with Crippen molar-refractivity contribution in [3.63, 3.8) is 0 Å². The lowest BCUT2D eigenvalue weighted by atomic mass is 10.0. The molecule has 1 aliphatic rings. The van der Waals surface area contributed by atoms with E-state index in [-0.39, 0.29) is 0 Å². The number of hydrogen-bond donors (Lipinski definition) is 0. The van der Waals surface area contributed by atoms with E-state index in [0.29, 0.717) is 11.8 Å². The molecule has 0 saturated carbocycles. The molecule has 0 radical (unpaired) electrons. The second kappa shape index (κ2) is 4.58. The van der Waals surface area contributed by atoms with E-state index in [0.717, 1.165) is 25.9 Å². The predicted molar refractivity (Wildman–Crippen MR) is 60.7 cm³/mol. The standard InChI is InChI=1S/C13H17NO/c1-11(12-5-3-2-4-6-12)14-9-7-13(15)8-10-14/h2-6,11H,7-10H2,1H3. The summed E-state index contributed by atoms with van der Waals surface area (Å²) in [6, 6.07) is 10.9. The maximum Gasteiger partial charge on any atom is 0.135 e. The smallest absolute Gasteiger partial charge is 0.135 e. The van der Waals surface area contributed by atoms with E-state index in [1.807, 2.05) is 6.07 Å². The van der Waals surface area contributed by atoms with Crippen LogP contribution in [0.3, 0.4) is 0 Å². The average Bonchev–Trinajstić information content (AvgIpc) is 2.30. The van der Waals surface area contributed by atoms with Crippen LogP contribution in [0.15, 0.2) is 30.3 Å². The van der Waals surface area contributed by atoms with Crippen LogP contribution in [-0.2, 0) is 4.79 Å². The Balaban J connectivity index is 2.02. The Morgan fingerprint density at radius 2 is 1.73 bits per heavy atom. The lowest BCUT2D eigenvalue weighted by Gasteiger charge is -2.32. The monoisotopic (exact) mass is 203 g/mol. The topological polar surface area (TPSA) is 20.3 Å². The van der Waals surface area contributed by atoms with Gasteiger partial charge in [-0.05, 0) is 12.5 Å². The molecule has 1 aromatic rings. The number of Topliss-reactive ketones (excluding diaryl/α,β-unsaturated/α-hetero) is 1. The van der Waals surface area contributed by atoms with Gasteiger partial charge in [-0.25, -0.2) is 0 Å². The maximum atomic E-state index is 11.1. The molecule has 1 heterocycles. The Morgan fingerprint density at radius 1 is 1.13 bits per heavy atom. The summed E-state index contributed by atoms with van der Waals surface area (Å²) in [5.74, 6) is 0.409. The Hall–Kier alpha value is -1.15. The molecule has 15 heavy (non-hydrogen) atoms. The van der Waals surface area contributed by atoms with Crippen molar-refractivity contribution in [2.45, 2.75) is 25.8 Å². The first-order chi connectivity index (χ1) is 7.27. The van der Waals surface area contributed by atoms with Gasteiger partial charge in [-0.15, -0.1) is 0 Å². The first kappa shape index (κ1) is 10.4. The quantitative estimate of drug-likeness (QED) is 0.735. The van der Waals surface area contributed by atoms with E-state index < -0.39 is 0 Å². The summed E-state index contributed by atoms with van der Waals surface area (Å²) in [7, 11) is 0. The normalized spacial score (nSPS) is 20.2. The Bertz CT molecular complexity index is 324.